The Hall–Kier alpha value is -1.69. The molecule has 0 aliphatic rings. The Bertz CT molecular complexity index is 385. The summed E-state index contributed by atoms with van der Waals surface area (Å²) in [5, 5.41) is 13.5. The van der Waals surface area contributed by atoms with Gasteiger partial charge in [0.15, 0.2) is 0 Å². The molecule has 0 saturated heterocycles. The minimum absolute atomic E-state index is 0.215. The van der Waals surface area contributed by atoms with Crippen LogP contribution in [-0.2, 0) is 4.74 Å². The molecule has 94 valence electrons. The fourth-order valence-electron chi connectivity index (χ4n) is 1.44. The number of anilines is 1. The zero-order valence-corrected chi connectivity index (χ0v) is 9.61. The van der Waals surface area contributed by atoms with Crippen molar-refractivity contribution in [2.45, 2.75) is 12.8 Å². The van der Waals surface area contributed by atoms with Gasteiger partial charge in [0.1, 0.15) is 5.69 Å². The number of rotatable bonds is 7. The molecule has 1 N–H and O–H groups in total. The van der Waals surface area contributed by atoms with Crippen molar-refractivity contribution in [3.8, 4) is 0 Å². The third kappa shape index (κ3) is 3.99. The largest absolute Gasteiger partial charge is 0.385 e. The molecule has 6 heteroatoms. The Balaban J connectivity index is 2.58. The summed E-state index contributed by atoms with van der Waals surface area (Å²) < 4.78 is 18.1. The molecule has 0 aromatic heterocycles. The zero-order valence-electron chi connectivity index (χ0n) is 9.61. The van der Waals surface area contributed by atoms with E-state index in [-0.39, 0.29) is 5.69 Å². The molecule has 1 rings (SSSR count). The number of nitro groups is 1. The van der Waals surface area contributed by atoms with E-state index in [0.717, 1.165) is 18.9 Å². The zero-order chi connectivity index (χ0) is 12.7. The lowest BCUT2D eigenvalue weighted by Crippen LogP contribution is -2.06. The summed E-state index contributed by atoms with van der Waals surface area (Å²) >= 11 is 0. The van der Waals surface area contributed by atoms with Crippen LogP contribution in [0, 0.1) is 15.9 Å². The lowest BCUT2D eigenvalue weighted by molar-refractivity contribution is -0.386. The first-order chi connectivity index (χ1) is 8.16. The second kappa shape index (κ2) is 6.80. The van der Waals surface area contributed by atoms with Crippen LogP contribution in [-0.4, -0.2) is 25.2 Å². The van der Waals surface area contributed by atoms with E-state index in [1.165, 1.54) is 12.1 Å². The van der Waals surface area contributed by atoms with E-state index < -0.39 is 16.4 Å². The number of nitrogens with one attached hydrogen (secondary N) is 1. The Morgan fingerprint density at radius 3 is 2.88 bits per heavy atom. The molecular formula is C11H15FN2O3. The summed E-state index contributed by atoms with van der Waals surface area (Å²) in [5.41, 5.74) is -0.286. The van der Waals surface area contributed by atoms with Crippen molar-refractivity contribution in [1.82, 2.24) is 0 Å². The molecule has 0 fully saturated rings. The maximum Gasteiger partial charge on any atom is 0.327 e. The minimum Gasteiger partial charge on any atom is -0.385 e. The van der Waals surface area contributed by atoms with Crippen molar-refractivity contribution in [2.24, 2.45) is 0 Å². The molecule has 0 aliphatic carbocycles. The third-order valence-electron chi connectivity index (χ3n) is 2.26. The molecule has 0 saturated carbocycles. The molecule has 0 heterocycles. The number of benzene rings is 1. The molecule has 5 nitrogen and oxygen atoms in total. The smallest absolute Gasteiger partial charge is 0.327 e. The van der Waals surface area contributed by atoms with Gasteiger partial charge in [-0.1, -0.05) is 6.07 Å². The number of para-hydroxylation sites is 1. The molecule has 1 aromatic rings. The van der Waals surface area contributed by atoms with Crippen molar-refractivity contribution in [1.29, 1.82) is 0 Å². The number of halogens is 1. The Kier molecular flexibility index (Phi) is 5.35. The summed E-state index contributed by atoms with van der Waals surface area (Å²) in [6, 6.07) is 4.02. The van der Waals surface area contributed by atoms with Crippen LogP contribution in [0.4, 0.5) is 15.8 Å². The number of nitro benzene ring substituents is 1. The molecule has 0 atom stereocenters. The second-order valence-corrected chi connectivity index (χ2v) is 3.52. The Morgan fingerprint density at radius 1 is 1.47 bits per heavy atom. The maximum atomic E-state index is 13.2. The van der Waals surface area contributed by atoms with Crippen molar-refractivity contribution < 1.29 is 14.1 Å². The lowest BCUT2D eigenvalue weighted by atomic mass is 10.2. The van der Waals surface area contributed by atoms with Gasteiger partial charge >= 0.3 is 5.69 Å². The highest BCUT2D eigenvalue weighted by molar-refractivity contribution is 5.61. The van der Waals surface area contributed by atoms with Gasteiger partial charge in [-0.25, -0.2) is 0 Å². The standard InChI is InChI=1S/C11H15FN2O3/c1-17-8-3-2-7-13-10-6-4-5-9(12)11(10)14(15)16/h4-6,13H,2-3,7-8H2,1H3. The van der Waals surface area contributed by atoms with E-state index in [1.807, 2.05) is 0 Å². The fraction of sp³-hybridized carbons (Fsp3) is 0.455. The van der Waals surface area contributed by atoms with Crippen molar-refractivity contribution in [3.63, 3.8) is 0 Å². The van der Waals surface area contributed by atoms with Crippen LogP contribution in [0.1, 0.15) is 12.8 Å². The highest BCUT2D eigenvalue weighted by Crippen LogP contribution is 2.26. The number of ether oxygens (including phenoxy) is 1. The molecule has 0 aliphatic heterocycles. The fourth-order valence-corrected chi connectivity index (χ4v) is 1.44. The molecule has 0 radical (unpaired) electrons. The summed E-state index contributed by atoms with van der Waals surface area (Å²) in [6.07, 6.45) is 1.66. The number of methoxy groups -OCH3 is 1. The predicted octanol–water partition coefficient (Wildman–Crippen LogP) is 2.57. The van der Waals surface area contributed by atoms with Crippen LogP contribution < -0.4 is 5.32 Å². The number of hydrogen-bond acceptors (Lipinski definition) is 4. The van der Waals surface area contributed by atoms with E-state index in [2.05, 4.69) is 5.32 Å². The van der Waals surface area contributed by atoms with Crippen molar-refractivity contribution in [2.75, 3.05) is 25.6 Å². The van der Waals surface area contributed by atoms with Crippen LogP contribution >= 0.6 is 0 Å². The monoisotopic (exact) mass is 242 g/mol. The van der Waals surface area contributed by atoms with Gasteiger partial charge in [0.05, 0.1) is 4.92 Å². The molecule has 1 aromatic carbocycles. The molecule has 0 bridgehead atoms. The maximum absolute atomic E-state index is 13.2. The van der Waals surface area contributed by atoms with Crippen molar-refractivity contribution in [3.05, 3.63) is 34.1 Å². The van der Waals surface area contributed by atoms with Crippen LogP contribution in [0.15, 0.2) is 18.2 Å². The van der Waals surface area contributed by atoms with Crippen LogP contribution in [0.25, 0.3) is 0 Å². The quantitative estimate of drug-likeness (QED) is 0.453. The van der Waals surface area contributed by atoms with Gasteiger partial charge in [0.2, 0.25) is 5.82 Å². The van der Waals surface area contributed by atoms with Gasteiger partial charge in [0, 0.05) is 20.3 Å². The first kappa shape index (κ1) is 13.4. The summed E-state index contributed by atoms with van der Waals surface area (Å²) in [7, 11) is 1.62. The van der Waals surface area contributed by atoms with Gasteiger partial charge in [0.25, 0.3) is 0 Å². The average Bonchev–Trinajstić information content (AvgIpc) is 2.28. The number of unbranched alkanes of at least 4 members (excludes halogenated alkanes) is 1. The minimum atomic E-state index is -0.822. The Labute approximate surface area is 98.7 Å². The van der Waals surface area contributed by atoms with Gasteiger partial charge in [-0.2, -0.15) is 4.39 Å². The van der Waals surface area contributed by atoms with Gasteiger partial charge in [-0.05, 0) is 25.0 Å². The lowest BCUT2D eigenvalue weighted by Gasteiger charge is -2.07. The predicted molar refractivity (Wildman–Crippen MR) is 62.7 cm³/mol. The molecular weight excluding hydrogens is 227 g/mol. The Morgan fingerprint density at radius 2 is 2.24 bits per heavy atom. The van der Waals surface area contributed by atoms with Crippen molar-refractivity contribution >= 4 is 11.4 Å². The SMILES string of the molecule is COCCCCNc1cccc(F)c1[N+](=O)[O-]. The van der Waals surface area contributed by atoms with Gasteiger partial charge in [-0.15, -0.1) is 0 Å². The van der Waals surface area contributed by atoms with E-state index in [9.17, 15) is 14.5 Å². The summed E-state index contributed by atoms with van der Waals surface area (Å²) in [6.45, 7) is 1.20. The molecule has 0 amide bonds. The summed E-state index contributed by atoms with van der Waals surface area (Å²) in [4.78, 5) is 9.97. The van der Waals surface area contributed by atoms with E-state index in [4.69, 9.17) is 4.74 Å². The summed E-state index contributed by atoms with van der Waals surface area (Å²) in [5.74, 6) is -0.822. The first-order valence-corrected chi connectivity index (χ1v) is 5.32. The third-order valence-corrected chi connectivity index (χ3v) is 2.26. The average molecular weight is 242 g/mol. The van der Waals surface area contributed by atoms with Crippen LogP contribution in [0.3, 0.4) is 0 Å². The second-order valence-electron chi connectivity index (χ2n) is 3.52. The van der Waals surface area contributed by atoms with Crippen LogP contribution in [0.2, 0.25) is 0 Å². The number of nitrogens with zero attached hydrogens (tertiary/aromatic N) is 1. The molecule has 17 heavy (non-hydrogen) atoms. The van der Waals surface area contributed by atoms with Gasteiger partial charge < -0.3 is 10.1 Å². The molecule has 0 unspecified atom stereocenters. The first-order valence-electron chi connectivity index (χ1n) is 5.32. The molecule has 0 spiro atoms. The number of hydrogen-bond donors (Lipinski definition) is 1. The highest BCUT2D eigenvalue weighted by atomic mass is 19.1. The van der Waals surface area contributed by atoms with E-state index >= 15 is 0 Å². The van der Waals surface area contributed by atoms with E-state index in [1.54, 1.807) is 7.11 Å². The van der Waals surface area contributed by atoms with Gasteiger partial charge in [-0.3, -0.25) is 10.1 Å². The van der Waals surface area contributed by atoms with Crippen LogP contribution in [0.5, 0.6) is 0 Å². The topological polar surface area (TPSA) is 64.4 Å². The van der Waals surface area contributed by atoms with E-state index in [0.29, 0.717) is 13.2 Å². The normalized spacial score (nSPS) is 10.2. The highest BCUT2D eigenvalue weighted by Gasteiger charge is 2.18.